The van der Waals surface area contributed by atoms with Crippen LogP contribution >= 0.6 is 15.9 Å². The molecule has 0 aliphatic carbocycles. The van der Waals surface area contributed by atoms with Gasteiger partial charge in [0.1, 0.15) is 0 Å². The highest BCUT2D eigenvalue weighted by molar-refractivity contribution is 9.10. The first-order valence-electron chi connectivity index (χ1n) is 6.40. The first-order chi connectivity index (χ1) is 10.8. The normalized spacial score (nSPS) is 11.5. The molecule has 0 unspecified atom stereocenters. The van der Waals surface area contributed by atoms with Crippen LogP contribution in [0.1, 0.15) is 0 Å². The second kappa shape index (κ2) is 5.67. The lowest BCUT2D eigenvalue weighted by Gasteiger charge is -2.09. The molecule has 0 saturated heterocycles. The van der Waals surface area contributed by atoms with Crippen LogP contribution in [0.25, 0.3) is 11.0 Å². The van der Waals surface area contributed by atoms with Crippen molar-refractivity contribution in [3.8, 4) is 0 Å². The van der Waals surface area contributed by atoms with Gasteiger partial charge in [-0.2, -0.15) is 0 Å². The van der Waals surface area contributed by atoms with Crippen LogP contribution in [-0.2, 0) is 10.0 Å². The van der Waals surface area contributed by atoms with Gasteiger partial charge in [-0.3, -0.25) is 14.3 Å². The number of sulfonamides is 1. The van der Waals surface area contributed by atoms with Crippen molar-refractivity contribution in [1.82, 2.24) is 9.97 Å². The van der Waals surface area contributed by atoms with Crippen molar-refractivity contribution < 1.29 is 8.42 Å². The number of rotatable bonds is 3. The molecule has 3 rings (SSSR count). The Morgan fingerprint density at radius 1 is 0.913 bits per heavy atom. The van der Waals surface area contributed by atoms with Crippen LogP contribution in [0.4, 0.5) is 5.69 Å². The molecular formula is C14H10BrN3O4S. The molecule has 1 heterocycles. The number of halogens is 1. The summed E-state index contributed by atoms with van der Waals surface area (Å²) in [5.41, 5.74) is -0.662. The number of benzene rings is 2. The van der Waals surface area contributed by atoms with Gasteiger partial charge in [-0.15, -0.1) is 0 Å². The summed E-state index contributed by atoms with van der Waals surface area (Å²) in [6.07, 6.45) is 0. The van der Waals surface area contributed by atoms with E-state index in [1.807, 2.05) is 0 Å². The van der Waals surface area contributed by atoms with Gasteiger partial charge in [-0.1, -0.05) is 22.0 Å². The molecule has 7 nitrogen and oxygen atoms in total. The summed E-state index contributed by atoms with van der Waals surface area (Å²) < 4.78 is 28.0. The molecule has 0 saturated carbocycles. The lowest BCUT2D eigenvalue weighted by Crippen LogP contribution is -2.29. The van der Waals surface area contributed by atoms with Crippen LogP contribution in [0.5, 0.6) is 0 Å². The number of aromatic amines is 2. The average molecular weight is 396 g/mol. The number of aromatic nitrogens is 2. The summed E-state index contributed by atoms with van der Waals surface area (Å²) in [4.78, 5) is 27.3. The Morgan fingerprint density at radius 3 is 2.30 bits per heavy atom. The zero-order chi connectivity index (χ0) is 16.6. The average Bonchev–Trinajstić information content (AvgIpc) is 2.47. The van der Waals surface area contributed by atoms with Gasteiger partial charge in [0.15, 0.2) is 0 Å². The lowest BCUT2D eigenvalue weighted by molar-refractivity contribution is 0.601. The highest BCUT2D eigenvalue weighted by atomic mass is 79.9. The Balaban J connectivity index is 2.06. The summed E-state index contributed by atoms with van der Waals surface area (Å²) in [6.45, 7) is 0. The topological polar surface area (TPSA) is 112 Å². The van der Waals surface area contributed by atoms with Gasteiger partial charge in [0.2, 0.25) is 0 Å². The van der Waals surface area contributed by atoms with Crippen molar-refractivity contribution in [1.29, 1.82) is 0 Å². The van der Waals surface area contributed by atoms with Crippen molar-refractivity contribution in [2.24, 2.45) is 0 Å². The molecule has 0 amide bonds. The van der Waals surface area contributed by atoms with Crippen molar-refractivity contribution >= 4 is 42.7 Å². The fraction of sp³-hybridized carbons (Fsp3) is 0. The molecule has 0 radical (unpaired) electrons. The van der Waals surface area contributed by atoms with Crippen LogP contribution < -0.4 is 15.8 Å². The number of anilines is 1. The molecule has 118 valence electrons. The second-order valence-electron chi connectivity index (χ2n) is 4.73. The minimum absolute atomic E-state index is 0.0346. The highest BCUT2D eigenvalue weighted by Gasteiger charge is 2.15. The van der Waals surface area contributed by atoms with Crippen LogP contribution in [-0.4, -0.2) is 18.4 Å². The molecule has 0 aliphatic rings. The quantitative estimate of drug-likeness (QED) is 0.586. The Morgan fingerprint density at radius 2 is 1.61 bits per heavy atom. The van der Waals surface area contributed by atoms with Gasteiger partial charge in [-0.05, 0) is 36.4 Å². The molecule has 0 aliphatic heterocycles. The number of hydrogen-bond donors (Lipinski definition) is 3. The van der Waals surface area contributed by atoms with Crippen molar-refractivity contribution in [2.45, 2.75) is 4.90 Å². The van der Waals surface area contributed by atoms with E-state index in [1.54, 1.807) is 24.3 Å². The number of hydrogen-bond acceptors (Lipinski definition) is 4. The zero-order valence-electron chi connectivity index (χ0n) is 11.5. The van der Waals surface area contributed by atoms with Gasteiger partial charge >= 0.3 is 11.1 Å². The maximum absolute atomic E-state index is 12.4. The molecule has 0 fully saturated rings. The van der Waals surface area contributed by atoms with Crippen LogP contribution in [0.2, 0.25) is 0 Å². The van der Waals surface area contributed by atoms with Crippen molar-refractivity contribution in [2.75, 3.05) is 4.72 Å². The SMILES string of the molecule is O=c1[nH]c2ccc(S(=O)(=O)Nc3cccc(Br)c3)cc2[nH]c1=O. The minimum atomic E-state index is -3.83. The molecule has 0 bridgehead atoms. The van der Waals surface area contributed by atoms with E-state index in [4.69, 9.17) is 0 Å². The Bertz CT molecular complexity index is 1120. The summed E-state index contributed by atoms with van der Waals surface area (Å²) in [7, 11) is -3.83. The summed E-state index contributed by atoms with van der Waals surface area (Å²) in [5, 5.41) is 0. The van der Waals surface area contributed by atoms with E-state index >= 15 is 0 Å². The number of H-pyrrole nitrogens is 2. The predicted octanol–water partition coefficient (Wildman–Crippen LogP) is 1.78. The third-order valence-electron chi connectivity index (χ3n) is 3.08. The summed E-state index contributed by atoms with van der Waals surface area (Å²) in [6, 6.07) is 10.8. The van der Waals surface area contributed by atoms with Gasteiger partial charge in [-0.25, -0.2) is 8.42 Å². The number of fused-ring (bicyclic) bond motifs is 1. The molecule has 0 spiro atoms. The van der Waals surface area contributed by atoms with Gasteiger partial charge in [0, 0.05) is 10.2 Å². The molecule has 23 heavy (non-hydrogen) atoms. The summed E-state index contributed by atoms with van der Waals surface area (Å²) in [5.74, 6) is 0. The van der Waals surface area contributed by atoms with Crippen LogP contribution in [0.15, 0.2) is 61.4 Å². The van der Waals surface area contributed by atoms with Crippen LogP contribution in [0, 0.1) is 0 Å². The first kappa shape index (κ1) is 15.5. The van der Waals surface area contributed by atoms with Gasteiger partial charge < -0.3 is 9.97 Å². The molecule has 3 aromatic rings. The van der Waals surface area contributed by atoms with E-state index in [0.29, 0.717) is 11.2 Å². The molecule has 3 N–H and O–H groups in total. The highest BCUT2D eigenvalue weighted by Crippen LogP contribution is 2.21. The largest absolute Gasteiger partial charge is 0.316 e. The minimum Gasteiger partial charge on any atom is -0.316 e. The van der Waals surface area contributed by atoms with Crippen molar-refractivity contribution in [3.05, 3.63) is 67.6 Å². The smallest absolute Gasteiger partial charge is 0.314 e. The van der Waals surface area contributed by atoms with E-state index in [1.165, 1.54) is 18.2 Å². The molecular weight excluding hydrogens is 386 g/mol. The molecule has 1 aromatic heterocycles. The number of nitrogens with one attached hydrogen (secondary N) is 3. The van der Waals surface area contributed by atoms with Gasteiger partial charge in [0.25, 0.3) is 10.0 Å². The maximum atomic E-state index is 12.4. The van der Waals surface area contributed by atoms with Gasteiger partial charge in [0.05, 0.1) is 15.9 Å². The second-order valence-corrected chi connectivity index (χ2v) is 7.33. The fourth-order valence-corrected chi connectivity index (χ4v) is 3.50. The fourth-order valence-electron chi connectivity index (χ4n) is 2.03. The first-order valence-corrected chi connectivity index (χ1v) is 8.67. The standard InChI is InChI=1S/C14H10BrN3O4S/c15-8-2-1-3-9(6-8)18-23(21,22)10-4-5-11-12(7-10)17-14(20)13(19)16-11/h1-7,18H,(H,16,19)(H,17,20). The Hall–Kier alpha value is -2.39. The monoisotopic (exact) mass is 395 g/mol. The van der Waals surface area contributed by atoms with E-state index in [0.717, 1.165) is 4.47 Å². The zero-order valence-corrected chi connectivity index (χ0v) is 13.9. The van der Waals surface area contributed by atoms with E-state index in [-0.39, 0.29) is 10.4 Å². The van der Waals surface area contributed by atoms with Crippen LogP contribution in [0.3, 0.4) is 0 Å². The predicted molar refractivity (Wildman–Crippen MR) is 90.1 cm³/mol. The molecule has 9 heteroatoms. The maximum Gasteiger partial charge on any atom is 0.314 e. The Labute approximate surface area is 138 Å². The third kappa shape index (κ3) is 3.20. The Kier molecular flexibility index (Phi) is 3.82. The molecule has 2 aromatic carbocycles. The lowest BCUT2D eigenvalue weighted by atomic mass is 10.3. The van der Waals surface area contributed by atoms with E-state index < -0.39 is 21.1 Å². The van der Waals surface area contributed by atoms with E-state index in [9.17, 15) is 18.0 Å². The van der Waals surface area contributed by atoms with E-state index in [2.05, 4.69) is 30.6 Å². The summed E-state index contributed by atoms with van der Waals surface area (Å²) >= 11 is 3.26. The van der Waals surface area contributed by atoms with Crippen molar-refractivity contribution in [3.63, 3.8) is 0 Å². The third-order valence-corrected chi connectivity index (χ3v) is 4.95. The molecule has 0 atom stereocenters.